The van der Waals surface area contributed by atoms with Crippen LogP contribution in [-0.2, 0) is 58.5 Å². The van der Waals surface area contributed by atoms with E-state index in [9.17, 15) is 41.9 Å². The molecule has 0 radical (unpaired) electrons. The number of halogens is 4. The maximum Gasteiger partial charge on any atom is 0.417 e. The lowest BCUT2D eigenvalue weighted by atomic mass is 10.0. The van der Waals surface area contributed by atoms with Gasteiger partial charge >= 0.3 is 18.2 Å². The van der Waals surface area contributed by atoms with Gasteiger partial charge in [-0.2, -0.15) is 24.9 Å². The minimum Gasteiger partial charge on any atom is -0.457 e. The van der Waals surface area contributed by atoms with Crippen LogP contribution >= 0.6 is 23.4 Å². The number of unbranched alkanes of at least 4 members (excludes halogenated alkanes) is 5. The molecule has 89 heavy (non-hydrogen) atoms. The van der Waals surface area contributed by atoms with E-state index in [0.29, 0.717) is 160 Å². The minimum absolute atomic E-state index is 0.0246. The number of benzene rings is 2. The van der Waals surface area contributed by atoms with E-state index in [1.165, 1.54) is 30.5 Å². The van der Waals surface area contributed by atoms with E-state index >= 15 is 0 Å². The Labute approximate surface area is 527 Å². The lowest BCUT2D eigenvalue weighted by molar-refractivity contribution is -0.137. The highest BCUT2D eigenvalue weighted by Gasteiger charge is 2.42. The van der Waals surface area contributed by atoms with Crippen molar-refractivity contribution in [3.63, 3.8) is 0 Å². The third-order valence-corrected chi connectivity index (χ3v) is 15.3. The van der Waals surface area contributed by atoms with Gasteiger partial charge in [-0.25, -0.2) is 9.59 Å². The van der Waals surface area contributed by atoms with E-state index in [1.807, 2.05) is 11.8 Å². The molecule has 29 heteroatoms. The van der Waals surface area contributed by atoms with Gasteiger partial charge in [-0.15, -0.1) is 0 Å². The Morgan fingerprint density at radius 1 is 0.539 bits per heavy atom. The second-order valence-electron chi connectivity index (χ2n) is 20.5. The highest BCUT2D eigenvalue weighted by Crippen LogP contribution is 2.36. The van der Waals surface area contributed by atoms with Crippen molar-refractivity contribution in [1.29, 1.82) is 0 Å². The van der Waals surface area contributed by atoms with Crippen molar-refractivity contribution in [2.24, 2.45) is 0 Å². The second kappa shape index (κ2) is 44.4. The zero-order valence-electron chi connectivity index (χ0n) is 50.3. The molecule has 0 bridgehead atoms. The van der Waals surface area contributed by atoms with Gasteiger partial charge in [0, 0.05) is 80.1 Å². The van der Waals surface area contributed by atoms with Gasteiger partial charge in [0.1, 0.15) is 17.2 Å². The summed E-state index contributed by atoms with van der Waals surface area (Å²) >= 11 is 7.54. The first-order valence-electron chi connectivity index (χ1n) is 30.3. The molecule has 3 atom stereocenters. The predicted octanol–water partition coefficient (Wildman–Crippen LogP) is 7.25. The van der Waals surface area contributed by atoms with Crippen molar-refractivity contribution in [2.45, 2.75) is 101 Å². The van der Waals surface area contributed by atoms with Crippen LogP contribution in [0.25, 0.3) is 0 Å². The number of carbonyl (C=O) groups is 6. The Morgan fingerprint density at radius 3 is 1.54 bits per heavy atom. The molecule has 2 aliphatic rings. The molecule has 5 rings (SSSR count). The quantitative estimate of drug-likeness (QED) is 0.0204. The molecule has 0 spiro atoms. The molecule has 3 heterocycles. The molecule has 2 fully saturated rings. The lowest BCUT2D eigenvalue weighted by Gasteiger charge is -2.16. The average Bonchev–Trinajstić information content (AvgIpc) is 2.73. The number of hydrogen-bond donors (Lipinski definition) is 8. The number of ether oxygens (including phenoxy) is 9. The van der Waals surface area contributed by atoms with Gasteiger partial charge in [-0.05, 0) is 87.1 Å². The molecule has 1 aromatic heterocycles. The molecule has 3 aromatic rings. The van der Waals surface area contributed by atoms with Gasteiger partial charge in [0.2, 0.25) is 17.7 Å². The molecule has 8 N–H and O–H groups in total. The Balaban J connectivity index is 0.683. The number of alkyl halides is 3. The van der Waals surface area contributed by atoms with E-state index in [-0.39, 0.29) is 60.4 Å². The van der Waals surface area contributed by atoms with Gasteiger partial charge in [-0.3, -0.25) is 24.2 Å². The number of aromatic nitrogens is 1. The first kappa shape index (κ1) is 73.7. The summed E-state index contributed by atoms with van der Waals surface area (Å²) in [5.41, 5.74) is -0.700. The summed E-state index contributed by atoms with van der Waals surface area (Å²) in [6, 6.07) is 11.8. The van der Waals surface area contributed by atoms with Gasteiger partial charge in [0.25, 0.3) is 5.91 Å². The summed E-state index contributed by atoms with van der Waals surface area (Å²) in [5, 5.41) is 22.3. The van der Waals surface area contributed by atoms with Gasteiger partial charge < -0.3 is 85.2 Å². The standard InChI is InChI=1S/C60H87ClF3N9O15S/c61-49-18-15-45(41-48(49)60(62,63)64)71-58(78)70-44-13-16-46(17-14-44)88-47-19-22-65-50(42-47)57(77)69-24-26-81-28-30-83-32-34-85-36-38-87-40-39-86-37-35-84-33-31-82-29-27-80-25-23-68-55(76)11-4-2-8-20-66-53(74)10-3-1-7-21-67-54(75)12-6-5-9-52-56-51(43-89-52)72-59(79)73-56/h13-19,22,41-42,51-52,56H,1-12,20-21,23-40,43H2,(H,66,74)(H,67,75)(H,68,76)(H,69,77)(H2,70,71,78)(H2,72,73,79)/t51-,52-,56-/m0/s1. The van der Waals surface area contributed by atoms with E-state index in [4.69, 9.17) is 54.2 Å². The first-order valence-corrected chi connectivity index (χ1v) is 31.7. The summed E-state index contributed by atoms with van der Waals surface area (Å²) in [6.07, 6.45) is 5.81. The summed E-state index contributed by atoms with van der Waals surface area (Å²) in [6.45, 7) is 8.14. The van der Waals surface area contributed by atoms with Crippen LogP contribution in [0.3, 0.4) is 0 Å². The highest BCUT2D eigenvalue weighted by atomic mass is 35.5. The Hall–Kier alpha value is -6.08. The number of hydrogen-bond acceptors (Lipinski definition) is 17. The van der Waals surface area contributed by atoms with Crippen molar-refractivity contribution in [3.8, 4) is 11.5 Å². The minimum atomic E-state index is -4.68. The van der Waals surface area contributed by atoms with E-state index < -0.39 is 28.7 Å². The van der Waals surface area contributed by atoms with Crippen LogP contribution in [0, 0.1) is 0 Å². The monoisotopic (exact) mass is 1300 g/mol. The molecule has 2 aromatic carbocycles. The maximum absolute atomic E-state index is 13.2. The number of pyridine rings is 1. The number of fused-ring (bicyclic) bond motifs is 1. The molecular formula is C60H87ClF3N9O15S. The Morgan fingerprint density at radius 2 is 1.01 bits per heavy atom. The van der Waals surface area contributed by atoms with Crippen molar-refractivity contribution in [2.75, 3.05) is 148 Å². The van der Waals surface area contributed by atoms with Crippen LogP contribution in [0.4, 0.5) is 34.1 Å². The van der Waals surface area contributed by atoms with Crippen LogP contribution in [-0.4, -0.2) is 196 Å². The Kier molecular flexibility index (Phi) is 36.7. The van der Waals surface area contributed by atoms with Crippen LogP contribution in [0.1, 0.15) is 93.1 Å². The van der Waals surface area contributed by atoms with E-state index in [0.717, 1.165) is 75.7 Å². The summed E-state index contributed by atoms with van der Waals surface area (Å²) in [5.74, 6) is 1.30. The van der Waals surface area contributed by atoms with E-state index in [2.05, 4.69) is 47.5 Å². The third-order valence-electron chi connectivity index (χ3n) is 13.4. The fourth-order valence-electron chi connectivity index (χ4n) is 8.86. The first-order chi connectivity index (χ1) is 43.2. The largest absolute Gasteiger partial charge is 0.457 e. The van der Waals surface area contributed by atoms with Gasteiger partial charge in [0.05, 0.1) is 128 Å². The topological polar surface area (TPSA) is 295 Å². The molecule has 2 aliphatic heterocycles. The zero-order valence-corrected chi connectivity index (χ0v) is 51.9. The fourth-order valence-corrected chi connectivity index (χ4v) is 10.6. The van der Waals surface area contributed by atoms with Crippen molar-refractivity contribution < 1.29 is 84.6 Å². The zero-order chi connectivity index (χ0) is 63.6. The van der Waals surface area contributed by atoms with Crippen LogP contribution < -0.4 is 47.3 Å². The summed E-state index contributed by atoms with van der Waals surface area (Å²) in [4.78, 5) is 77.2. The average molecular weight is 1300 g/mol. The lowest BCUT2D eigenvalue weighted by Crippen LogP contribution is -2.36. The molecule has 2 saturated heterocycles. The van der Waals surface area contributed by atoms with Gasteiger partial charge in [0.15, 0.2) is 0 Å². The number of amides is 8. The number of nitrogens with zero attached hydrogens (tertiary/aromatic N) is 1. The Bertz CT molecular complexity index is 2550. The second-order valence-corrected chi connectivity index (χ2v) is 22.1. The van der Waals surface area contributed by atoms with Crippen molar-refractivity contribution in [3.05, 3.63) is 77.1 Å². The number of nitrogens with one attached hydrogen (secondary N) is 8. The van der Waals surface area contributed by atoms with Crippen LogP contribution in [0.2, 0.25) is 5.02 Å². The normalized spacial score (nSPS) is 15.2. The molecule has 8 amide bonds. The highest BCUT2D eigenvalue weighted by molar-refractivity contribution is 8.00. The van der Waals surface area contributed by atoms with E-state index in [1.54, 1.807) is 18.2 Å². The molecule has 0 saturated carbocycles. The predicted molar refractivity (Wildman–Crippen MR) is 329 cm³/mol. The fraction of sp³-hybridized carbons (Fsp3) is 0.617. The third kappa shape index (κ3) is 33.0. The maximum atomic E-state index is 13.2. The van der Waals surface area contributed by atoms with Crippen LogP contribution in [0.5, 0.6) is 11.5 Å². The number of urea groups is 2. The number of carbonyl (C=O) groups excluding carboxylic acids is 6. The molecule has 0 aliphatic carbocycles. The van der Waals surface area contributed by atoms with Crippen LogP contribution in [0.15, 0.2) is 60.8 Å². The number of rotatable bonds is 49. The summed E-state index contributed by atoms with van der Waals surface area (Å²) < 4.78 is 89.5. The SMILES string of the molecule is O=C(CCCCCNC(=O)CCCC[C@@H]1SC[C@@H]2NC(=O)N[C@@H]21)NCCCCCC(=O)NCCOCCOCCOCCOCCOCCOCCOCCOCCNC(=O)c1cc(Oc2ccc(NC(=O)Nc3ccc(Cl)c(C(F)(F)F)c3)cc2)ccn1. The molecule has 496 valence electrons. The summed E-state index contributed by atoms with van der Waals surface area (Å²) in [7, 11) is 0. The van der Waals surface area contributed by atoms with Crippen molar-refractivity contribution >= 4 is 70.4 Å². The number of thioether (sulfide) groups is 1. The van der Waals surface area contributed by atoms with Gasteiger partial charge in [-0.1, -0.05) is 30.9 Å². The molecular weight excluding hydrogens is 1210 g/mol. The smallest absolute Gasteiger partial charge is 0.417 e. The van der Waals surface area contributed by atoms with Crippen molar-refractivity contribution in [1.82, 2.24) is 36.9 Å². The molecule has 24 nitrogen and oxygen atoms in total. The molecule has 0 unspecified atom stereocenters. The number of anilines is 2.